The number of imidazole rings is 1. The highest BCUT2D eigenvalue weighted by molar-refractivity contribution is 5.81. The number of pyridine rings is 1. The fourth-order valence-electron chi connectivity index (χ4n) is 4.86. The molecule has 14 heteroatoms. The molecule has 206 valence electrons. The van der Waals surface area contributed by atoms with Crippen LogP contribution in [0.2, 0.25) is 0 Å². The average Bonchev–Trinajstić information content (AvgIpc) is 3.33. The molecule has 39 heavy (non-hydrogen) atoms. The molecular weight excluding hydrogens is 520 g/mol. The standard InChI is InChI=1S/C25H26F4N8O2/c1-39-19-7-15(26)14(6-16(19)27)17-5-13(9-37-12-35-20-23(30)33-11-34-24(20)37)18(8-32-17)36-4-2-3-25(31,10-36)21(38)22(28)29/h5-8,11-12,21-22,38H,2-4,9-10,31H2,1H3,(H2,30,33,34)/t21-,25+/m0/s1/i1D3. The summed E-state index contributed by atoms with van der Waals surface area (Å²) in [5, 5.41) is 10.2. The second-order valence-corrected chi connectivity index (χ2v) is 9.40. The van der Waals surface area contributed by atoms with Crippen LogP contribution in [0.25, 0.3) is 22.4 Å². The monoisotopic (exact) mass is 549 g/mol. The maximum absolute atomic E-state index is 15.1. The Morgan fingerprint density at radius 3 is 2.77 bits per heavy atom. The molecule has 1 saturated heterocycles. The van der Waals surface area contributed by atoms with E-state index in [-0.39, 0.29) is 36.6 Å². The number of nitrogen functional groups attached to an aromatic ring is 1. The van der Waals surface area contributed by atoms with Crippen LogP contribution in [0.4, 0.5) is 29.1 Å². The molecule has 0 spiro atoms. The van der Waals surface area contributed by atoms with Crippen molar-refractivity contribution in [2.24, 2.45) is 5.73 Å². The summed E-state index contributed by atoms with van der Waals surface area (Å²) >= 11 is 0. The van der Waals surface area contributed by atoms with E-state index in [1.165, 1.54) is 24.9 Å². The summed E-state index contributed by atoms with van der Waals surface area (Å²) in [4.78, 5) is 18.4. The number of alkyl halides is 2. The van der Waals surface area contributed by atoms with Gasteiger partial charge in [-0.15, -0.1) is 0 Å². The molecule has 5 rings (SSSR count). The molecule has 0 saturated carbocycles. The molecule has 4 aromatic rings. The van der Waals surface area contributed by atoms with Gasteiger partial charge >= 0.3 is 0 Å². The lowest BCUT2D eigenvalue weighted by Crippen LogP contribution is -2.63. The zero-order valence-corrected chi connectivity index (χ0v) is 20.4. The Labute approximate surface area is 224 Å². The van der Waals surface area contributed by atoms with Gasteiger partial charge in [-0.1, -0.05) is 0 Å². The van der Waals surface area contributed by atoms with Gasteiger partial charge in [0.05, 0.1) is 47.1 Å². The Kier molecular flexibility index (Phi) is 6.03. The number of nitrogens with two attached hydrogens (primary N) is 2. The smallest absolute Gasteiger partial charge is 0.265 e. The van der Waals surface area contributed by atoms with Crippen LogP contribution < -0.4 is 21.1 Å². The maximum atomic E-state index is 15.1. The average molecular weight is 550 g/mol. The molecule has 1 aliphatic heterocycles. The second kappa shape index (κ2) is 10.3. The largest absolute Gasteiger partial charge is 0.494 e. The van der Waals surface area contributed by atoms with Gasteiger partial charge in [0.2, 0.25) is 0 Å². The van der Waals surface area contributed by atoms with Crippen LogP contribution in [-0.4, -0.2) is 67.8 Å². The Morgan fingerprint density at radius 2 is 2.00 bits per heavy atom. The molecule has 1 aliphatic rings. The number of benzene rings is 1. The molecule has 0 radical (unpaired) electrons. The molecule has 5 N–H and O–H groups in total. The third-order valence-corrected chi connectivity index (χ3v) is 6.87. The molecule has 0 bridgehead atoms. The number of rotatable bonds is 7. The first-order valence-electron chi connectivity index (χ1n) is 13.3. The molecule has 0 amide bonds. The fraction of sp³-hybridized carbons (Fsp3) is 0.360. The first-order chi connectivity index (χ1) is 19.8. The van der Waals surface area contributed by atoms with E-state index >= 15 is 4.39 Å². The summed E-state index contributed by atoms with van der Waals surface area (Å²) in [6.45, 7) is 0.330. The lowest BCUT2D eigenvalue weighted by atomic mass is 9.84. The van der Waals surface area contributed by atoms with Gasteiger partial charge in [0.1, 0.15) is 23.8 Å². The number of halogens is 4. The number of ether oxygens (including phenoxy) is 1. The summed E-state index contributed by atoms with van der Waals surface area (Å²) in [6, 6.07) is 2.87. The molecule has 0 aliphatic carbocycles. The van der Waals surface area contributed by atoms with Gasteiger partial charge in [-0.2, -0.15) is 0 Å². The van der Waals surface area contributed by atoms with E-state index < -0.39 is 42.5 Å². The van der Waals surface area contributed by atoms with Crippen LogP contribution in [0.5, 0.6) is 5.75 Å². The van der Waals surface area contributed by atoms with Crippen LogP contribution in [0, 0.1) is 11.6 Å². The van der Waals surface area contributed by atoms with E-state index in [1.54, 1.807) is 9.47 Å². The van der Waals surface area contributed by atoms with Gasteiger partial charge in [-0.3, -0.25) is 4.98 Å². The van der Waals surface area contributed by atoms with Crippen LogP contribution in [0.3, 0.4) is 0 Å². The van der Waals surface area contributed by atoms with Crippen molar-refractivity contribution in [2.45, 2.75) is 37.5 Å². The highest BCUT2D eigenvalue weighted by atomic mass is 19.3. The maximum Gasteiger partial charge on any atom is 0.265 e. The Hall–Kier alpha value is -4.04. The summed E-state index contributed by atoms with van der Waals surface area (Å²) in [7, 11) is -2.99. The number of nitrogens with zero attached hydrogens (tertiary/aromatic N) is 6. The highest BCUT2D eigenvalue weighted by Crippen LogP contribution is 2.34. The summed E-state index contributed by atoms with van der Waals surface area (Å²) in [6.07, 6.45) is -0.469. The van der Waals surface area contributed by atoms with E-state index in [0.29, 0.717) is 41.4 Å². The molecule has 1 aromatic carbocycles. The summed E-state index contributed by atoms with van der Waals surface area (Å²) < 4.78 is 84.4. The number of aliphatic hydroxyl groups excluding tert-OH is 1. The lowest BCUT2D eigenvalue weighted by Gasteiger charge is -2.44. The van der Waals surface area contributed by atoms with Crippen LogP contribution in [-0.2, 0) is 6.54 Å². The first-order valence-corrected chi connectivity index (χ1v) is 11.8. The fourth-order valence-corrected chi connectivity index (χ4v) is 4.86. The predicted molar refractivity (Wildman–Crippen MR) is 135 cm³/mol. The van der Waals surface area contributed by atoms with E-state index in [2.05, 4.69) is 24.7 Å². The van der Waals surface area contributed by atoms with Gasteiger partial charge in [-0.25, -0.2) is 32.5 Å². The molecule has 2 atom stereocenters. The second-order valence-electron chi connectivity index (χ2n) is 9.40. The molecule has 3 aromatic heterocycles. The van der Waals surface area contributed by atoms with Gasteiger partial charge in [0.15, 0.2) is 23.0 Å². The number of anilines is 2. The van der Waals surface area contributed by atoms with Gasteiger partial charge < -0.3 is 30.8 Å². The SMILES string of the molecule is [2H]C([2H])([2H])Oc1cc(F)c(-c2cc(Cn3cnc4c(N)ncnc43)c(N3CCC[C@](N)([C@@H](O)C(F)F)C3)cn2)cc1F. The number of methoxy groups -OCH3 is 1. The Morgan fingerprint density at radius 1 is 1.18 bits per heavy atom. The quantitative estimate of drug-likeness (QED) is 0.297. The minimum absolute atomic E-state index is 0.00668. The number of aliphatic hydroxyl groups is 1. The van der Waals surface area contributed by atoms with Crippen molar-refractivity contribution < 1.29 is 31.5 Å². The van der Waals surface area contributed by atoms with Gasteiger partial charge in [0.25, 0.3) is 6.43 Å². The Bertz CT molecular complexity index is 1620. The van der Waals surface area contributed by atoms with Crippen molar-refractivity contribution in [3.8, 4) is 17.0 Å². The molecule has 10 nitrogen and oxygen atoms in total. The minimum Gasteiger partial charge on any atom is -0.494 e. The normalized spacial score (nSPS) is 20.1. The molecular formula is C25H26F4N8O2. The van der Waals surface area contributed by atoms with Crippen molar-refractivity contribution >= 4 is 22.7 Å². The molecule has 4 heterocycles. The van der Waals surface area contributed by atoms with Crippen molar-refractivity contribution in [2.75, 3.05) is 30.8 Å². The number of fused-ring (bicyclic) bond motifs is 1. The number of piperidine rings is 1. The minimum atomic E-state index is -3.05. The van der Waals surface area contributed by atoms with E-state index in [1.807, 2.05) is 0 Å². The molecule has 1 fully saturated rings. The van der Waals surface area contributed by atoms with Crippen molar-refractivity contribution in [3.63, 3.8) is 0 Å². The zero-order chi connectivity index (χ0) is 30.4. The first kappa shape index (κ1) is 22.9. The summed E-state index contributed by atoms with van der Waals surface area (Å²) in [5.74, 6) is -2.75. The molecule has 0 unspecified atom stereocenters. The van der Waals surface area contributed by atoms with Crippen LogP contribution in [0.15, 0.2) is 37.1 Å². The number of aromatic nitrogens is 5. The predicted octanol–water partition coefficient (Wildman–Crippen LogP) is 2.73. The van der Waals surface area contributed by atoms with Crippen LogP contribution >= 0.6 is 0 Å². The van der Waals surface area contributed by atoms with E-state index in [4.69, 9.17) is 15.6 Å². The van der Waals surface area contributed by atoms with Crippen molar-refractivity contribution in [3.05, 3.63) is 54.2 Å². The Balaban J connectivity index is 1.58. The third-order valence-electron chi connectivity index (χ3n) is 6.87. The summed E-state index contributed by atoms with van der Waals surface area (Å²) in [5.41, 5.74) is 11.9. The van der Waals surface area contributed by atoms with Crippen molar-refractivity contribution in [1.82, 2.24) is 24.5 Å². The van der Waals surface area contributed by atoms with Gasteiger partial charge in [-0.05, 0) is 30.5 Å². The highest BCUT2D eigenvalue weighted by Gasteiger charge is 2.43. The van der Waals surface area contributed by atoms with E-state index in [9.17, 15) is 18.3 Å². The third kappa shape index (κ3) is 4.92. The number of hydrogen-bond donors (Lipinski definition) is 3. The van der Waals surface area contributed by atoms with Gasteiger partial charge in [0, 0.05) is 24.7 Å². The van der Waals surface area contributed by atoms with Crippen LogP contribution in [0.1, 0.15) is 22.5 Å². The van der Waals surface area contributed by atoms with E-state index in [0.717, 1.165) is 6.07 Å². The zero-order valence-electron chi connectivity index (χ0n) is 23.4. The lowest BCUT2D eigenvalue weighted by molar-refractivity contribution is -0.0529. The topological polar surface area (TPSA) is 141 Å². The van der Waals surface area contributed by atoms with Crippen molar-refractivity contribution in [1.29, 1.82) is 0 Å². The number of hydrogen-bond acceptors (Lipinski definition) is 9.